The molecule has 1 aromatic carbocycles. The summed E-state index contributed by atoms with van der Waals surface area (Å²) < 4.78 is 10.8. The minimum atomic E-state index is -0.276. The Hall–Kier alpha value is -2.85. The summed E-state index contributed by atoms with van der Waals surface area (Å²) in [5.74, 6) is -0.160. The number of amidine groups is 1. The molecule has 3 rings (SSSR count). The molecule has 2 saturated heterocycles. The molecule has 2 aliphatic rings. The van der Waals surface area contributed by atoms with Crippen LogP contribution in [0.25, 0.3) is 0 Å². The van der Waals surface area contributed by atoms with Crippen molar-refractivity contribution in [3.8, 4) is 0 Å². The van der Waals surface area contributed by atoms with E-state index in [1.807, 2.05) is 33.8 Å². The molecular formula is C23H34ClN6O4+. The summed E-state index contributed by atoms with van der Waals surface area (Å²) in [6.45, 7) is 10.7. The molecule has 186 valence electrons. The molecular weight excluding hydrogens is 460 g/mol. The summed E-state index contributed by atoms with van der Waals surface area (Å²) in [5, 5.41) is 9.20. The minimum Gasteiger partial charge on any atom is -0.447 e. The lowest BCUT2D eigenvalue weighted by atomic mass is 10.1. The van der Waals surface area contributed by atoms with Gasteiger partial charge in [-0.15, -0.1) is 0 Å². The molecule has 2 atom stereocenters. The van der Waals surface area contributed by atoms with Crippen molar-refractivity contribution in [1.82, 2.24) is 15.1 Å². The highest BCUT2D eigenvalue weighted by Crippen LogP contribution is 2.29. The van der Waals surface area contributed by atoms with E-state index in [4.69, 9.17) is 32.2 Å². The van der Waals surface area contributed by atoms with E-state index in [1.165, 1.54) is 0 Å². The third kappa shape index (κ3) is 6.60. The third-order valence-corrected chi connectivity index (χ3v) is 6.18. The fourth-order valence-corrected chi connectivity index (χ4v) is 4.35. The first-order chi connectivity index (χ1) is 16.0. The second-order valence-corrected chi connectivity index (χ2v) is 9.52. The Labute approximate surface area is 204 Å². The Bertz CT molecular complexity index is 982. The first-order valence-corrected chi connectivity index (χ1v) is 11.8. The fraction of sp³-hybridized carbons (Fsp3) is 0.565. The van der Waals surface area contributed by atoms with E-state index in [0.29, 0.717) is 43.4 Å². The van der Waals surface area contributed by atoms with Gasteiger partial charge in [-0.2, -0.15) is 4.99 Å². The normalized spacial score (nSPS) is 21.5. The summed E-state index contributed by atoms with van der Waals surface area (Å²) in [4.78, 5) is 32.1. The SMILES string of the molecule is Cc1c(CN2CCN(C(=O)OC(C)C)[C@@H](C)C2)cc(Cl)cc1N=C(N)OC(=[NH2+])C1CNC(=O)C1. The van der Waals surface area contributed by atoms with Crippen LogP contribution in [0.3, 0.4) is 0 Å². The van der Waals surface area contributed by atoms with Crippen molar-refractivity contribution in [2.75, 3.05) is 26.2 Å². The molecule has 0 bridgehead atoms. The summed E-state index contributed by atoms with van der Waals surface area (Å²) >= 11 is 6.38. The lowest BCUT2D eigenvalue weighted by Crippen LogP contribution is -2.54. The quantitative estimate of drug-likeness (QED) is 0.413. The number of hydrogen-bond donors (Lipinski definition) is 3. The van der Waals surface area contributed by atoms with Crippen LogP contribution < -0.4 is 16.5 Å². The molecule has 5 N–H and O–H groups in total. The van der Waals surface area contributed by atoms with Crippen molar-refractivity contribution < 1.29 is 24.5 Å². The number of piperazine rings is 1. The predicted molar refractivity (Wildman–Crippen MR) is 130 cm³/mol. The Kier molecular flexibility index (Phi) is 8.37. The molecule has 1 unspecified atom stereocenters. The molecule has 0 saturated carbocycles. The Morgan fingerprint density at radius 2 is 2.12 bits per heavy atom. The highest BCUT2D eigenvalue weighted by molar-refractivity contribution is 6.31. The minimum absolute atomic E-state index is 0.0245. The van der Waals surface area contributed by atoms with Crippen molar-refractivity contribution in [2.24, 2.45) is 16.6 Å². The van der Waals surface area contributed by atoms with Crippen molar-refractivity contribution >= 4 is 41.2 Å². The number of nitrogens with two attached hydrogens (primary N) is 2. The molecule has 2 fully saturated rings. The lowest BCUT2D eigenvalue weighted by molar-refractivity contribution is -0.140. The van der Waals surface area contributed by atoms with Crippen LogP contribution in [-0.4, -0.2) is 72.0 Å². The summed E-state index contributed by atoms with van der Waals surface area (Å²) in [7, 11) is 0. The van der Waals surface area contributed by atoms with Gasteiger partial charge in [0.15, 0.2) is 0 Å². The van der Waals surface area contributed by atoms with Gasteiger partial charge in [0, 0.05) is 50.2 Å². The van der Waals surface area contributed by atoms with Gasteiger partial charge in [0.05, 0.1) is 11.8 Å². The predicted octanol–water partition coefficient (Wildman–Crippen LogP) is 0.956. The van der Waals surface area contributed by atoms with Crippen LogP contribution in [0.4, 0.5) is 10.5 Å². The molecule has 1 aromatic rings. The molecule has 0 aromatic heterocycles. The van der Waals surface area contributed by atoms with Gasteiger partial charge in [-0.1, -0.05) is 11.6 Å². The van der Waals surface area contributed by atoms with Gasteiger partial charge in [0.2, 0.25) is 5.91 Å². The highest BCUT2D eigenvalue weighted by atomic mass is 35.5. The van der Waals surface area contributed by atoms with Crippen LogP contribution in [0, 0.1) is 12.8 Å². The Balaban J connectivity index is 1.66. The van der Waals surface area contributed by atoms with Gasteiger partial charge in [-0.25, -0.2) is 10.2 Å². The number of ether oxygens (including phenoxy) is 2. The molecule has 2 amide bonds. The van der Waals surface area contributed by atoms with Crippen molar-refractivity contribution in [3.63, 3.8) is 0 Å². The number of aliphatic imine (C=N–C) groups is 1. The van der Waals surface area contributed by atoms with Crippen LogP contribution in [0.2, 0.25) is 5.02 Å². The van der Waals surface area contributed by atoms with Gasteiger partial charge in [-0.05, 0) is 51.0 Å². The molecule has 2 aliphatic heterocycles. The van der Waals surface area contributed by atoms with Crippen LogP contribution >= 0.6 is 11.6 Å². The number of halogens is 1. The Morgan fingerprint density at radius 3 is 2.74 bits per heavy atom. The van der Waals surface area contributed by atoms with E-state index < -0.39 is 0 Å². The van der Waals surface area contributed by atoms with E-state index in [2.05, 4.69) is 15.2 Å². The van der Waals surface area contributed by atoms with E-state index in [-0.39, 0.29) is 48.4 Å². The largest absolute Gasteiger partial charge is 0.447 e. The van der Waals surface area contributed by atoms with E-state index >= 15 is 0 Å². The van der Waals surface area contributed by atoms with Crippen molar-refractivity contribution in [3.05, 3.63) is 28.3 Å². The number of hydrogen-bond acceptors (Lipinski definition) is 6. The average molecular weight is 494 g/mol. The smallest absolute Gasteiger partial charge is 0.410 e. The van der Waals surface area contributed by atoms with Crippen molar-refractivity contribution in [1.29, 1.82) is 0 Å². The molecule has 0 aliphatic carbocycles. The second-order valence-electron chi connectivity index (χ2n) is 9.08. The number of nitrogens with one attached hydrogen (secondary N) is 1. The summed E-state index contributed by atoms with van der Waals surface area (Å²) in [5.41, 5.74) is 8.49. The maximum absolute atomic E-state index is 12.3. The zero-order valence-corrected chi connectivity index (χ0v) is 20.9. The highest BCUT2D eigenvalue weighted by Gasteiger charge is 2.32. The summed E-state index contributed by atoms with van der Waals surface area (Å²) in [6, 6.07) is 3.54. The first kappa shape index (κ1) is 25.8. The van der Waals surface area contributed by atoms with Gasteiger partial charge in [0.25, 0.3) is 6.02 Å². The topological polar surface area (TPSA) is 135 Å². The van der Waals surface area contributed by atoms with E-state index in [9.17, 15) is 9.59 Å². The molecule has 10 nitrogen and oxygen atoms in total. The van der Waals surface area contributed by atoms with Crippen molar-refractivity contribution in [2.45, 2.75) is 52.8 Å². The standard InChI is InChI=1S/C23H33ClN6O4/c1-13(2)33-23(32)30-6-5-29(11-14(30)3)12-17-7-18(24)9-19(15(17)4)28-22(26)34-21(25)16-8-20(31)27-10-16/h7,9,13-14,16,25H,5-6,8,10-12H2,1-4H3,(H2,26,28)(H,27,31)/p+1/t14-,16?/m0/s1. The molecule has 0 radical (unpaired) electrons. The first-order valence-electron chi connectivity index (χ1n) is 11.4. The third-order valence-electron chi connectivity index (χ3n) is 5.96. The number of nitrogens with zero attached hydrogens (tertiary/aromatic N) is 3. The zero-order chi connectivity index (χ0) is 25.0. The van der Waals surface area contributed by atoms with E-state index in [1.54, 1.807) is 11.0 Å². The number of amides is 2. The average Bonchev–Trinajstić information content (AvgIpc) is 3.17. The van der Waals surface area contributed by atoms with E-state index in [0.717, 1.165) is 11.1 Å². The van der Waals surface area contributed by atoms with Crippen LogP contribution in [0.15, 0.2) is 17.1 Å². The maximum atomic E-state index is 12.3. The second kappa shape index (κ2) is 11.1. The summed E-state index contributed by atoms with van der Waals surface area (Å²) in [6.07, 6.45) is -0.158. The van der Waals surface area contributed by atoms with Gasteiger partial charge < -0.3 is 25.4 Å². The zero-order valence-electron chi connectivity index (χ0n) is 20.1. The number of carbonyl (C=O) groups is 2. The molecule has 0 spiro atoms. The lowest BCUT2D eigenvalue weighted by Gasteiger charge is -2.39. The fourth-order valence-electron chi connectivity index (χ4n) is 4.11. The number of carbonyl (C=O) groups excluding carboxylic acids is 2. The molecule has 2 heterocycles. The maximum Gasteiger partial charge on any atom is 0.410 e. The number of benzene rings is 1. The molecule has 11 heteroatoms. The van der Waals surface area contributed by atoms with Crippen LogP contribution in [-0.2, 0) is 20.8 Å². The van der Waals surface area contributed by atoms with Gasteiger partial charge in [-0.3, -0.25) is 9.69 Å². The van der Waals surface area contributed by atoms with Gasteiger partial charge in [0.1, 0.15) is 5.92 Å². The van der Waals surface area contributed by atoms with Crippen LogP contribution in [0.5, 0.6) is 0 Å². The molecule has 34 heavy (non-hydrogen) atoms. The Morgan fingerprint density at radius 1 is 1.38 bits per heavy atom. The monoisotopic (exact) mass is 493 g/mol. The van der Waals surface area contributed by atoms with Crippen LogP contribution in [0.1, 0.15) is 38.3 Å². The van der Waals surface area contributed by atoms with Gasteiger partial charge >= 0.3 is 12.0 Å². The number of rotatable bonds is 5.